The summed E-state index contributed by atoms with van der Waals surface area (Å²) < 4.78 is 31.1. The summed E-state index contributed by atoms with van der Waals surface area (Å²) in [4.78, 5) is 10.5. The standard InChI is InChI=1S/C12H13F2NO3/c13-12(14)5-9(15-7-12)6-18-10-3-1-8(2-4-10)11(16)17/h1-4,9,15H,5-7H2,(H,16,17)/p-1. The molecule has 1 saturated heterocycles. The normalized spacial score (nSPS) is 21.8. The first-order valence-electron chi connectivity index (χ1n) is 5.52. The quantitative estimate of drug-likeness (QED) is 0.848. The number of hydrogen-bond acceptors (Lipinski definition) is 4. The van der Waals surface area contributed by atoms with Gasteiger partial charge in [0.15, 0.2) is 0 Å². The smallest absolute Gasteiger partial charge is 0.261 e. The maximum atomic E-state index is 12.9. The van der Waals surface area contributed by atoms with Crippen LogP contribution in [0.4, 0.5) is 8.78 Å². The first kappa shape index (κ1) is 12.8. The molecule has 1 aromatic rings. The zero-order valence-corrected chi connectivity index (χ0v) is 9.49. The van der Waals surface area contributed by atoms with Crippen molar-refractivity contribution in [1.82, 2.24) is 5.32 Å². The van der Waals surface area contributed by atoms with E-state index in [1.165, 1.54) is 24.3 Å². The predicted molar refractivity (Wildman–Crippen MR) is 57.6 cm³/mol. The van der Waals surface area contributed by atoms with Crippen LogP contribution in [0.5, 0.6) is 5.75 Å². The Hall–Kier alpha value is -1.69. The summed E-state index contributed by atoms with van der Waals surface area (Å²) in [7, 11) is 0. The topological polar surface area (TPSA) is 61.4 Å². The Balaban J connectivity index is 1.85. The largest absolute Gasteiger partial charge is 0.545 e. The summed E-state index contributed by atoms with van der Waals surface area (Å²) in [5.74, 6) is -3.50. The van der Waals surface area contributed by atoms with E-state index < -0.39 is 11.9 Å². The molecule has 6 heteroatoms. The van der Waals surface area contributed by atoms with Gasteiger partial charge in [-0.3, -0.25) is 0 Å². The molecule has 0 saturated carbocycles. The van der Waals surface area contributed by atoms with Crippen molar-refractivity contribution in [2.75, 3.05) is 13.2 Å². The molecule has 0 amide bonds. The van der Waals surface area contributed by atoms with E-state index >= 15 is 0 Å². The summed E-state index contributed by atoms with van der Waals surface area (Å²) in [5, 5.41) is 13.2. The summed E-state index contributed by atoms with van der Waals surface area (Å²) in [6, 6.07) is 5.25. The van der Waals surface area contributed by atoms with Crippen LogP contribution in [-0.2, 0) is 0 Å². The third-order valence-corrected chi connectivity index (χ3v) is 2.74. The lowest BCUT2D eigenvalue weighted by atomic mass is 10.2. The first-order chi connectivity index (χ1) is 8.46. The van der Waals surface area contributed by atoms with Gasteiger partial charge in [-0.25, -0.2) is 8.78 Å². The fourth-order valence-electron chi connectivity index (χ4n) is 1.80. The predicted octanol–water partition coefficient (Wildman–Crippen LogP) is 0.426. The van der Waals surface area contributed by atoms with E-state index in [2.05, 4.69) is 5.32 Å². The Morgan fingerprint density at radius 1 is 1.44 bits per heavy atom. The van der Waals surface area contributed by atoms with Crippen LogP contribution in [0, 0.1) is 0 Å². The van der Waals surface area contributed by atoms with Gasteiger partial charge in [0.2, 0.25) is 0 Å². The van der Waals surface area contributed by atoms with Gasteiger partial charge in [-0.1, -0.05) is 0 Å². The van der Waals surface area contributed by atoms with Gasteiger partial charge in [0.25, 0.3) is 5.92 Å². The maximum Gasteiger partial charge on any atom is 0.261 e. The van der Waals surface area contributed by atoms with Gasteiger partial charge in [-0.2, -0.15) is 0 Å². The Labute approximate surface area is 103 Å². The number of alkyl halides is 2. The van der Waals surface area contributed by atoms with Crippen molar-refractivity contribution in [3.05, 3.63) is 29.8 Å². The van der Waals surface area contributed by atoms with Gasteiger partial charge in [-0.15, -0.1) is 0 Å². The first-order valence-corrected chi connectivity index (χ1v) is 5.52. The molecule has 1 fully saturated rings. The minimum Gasteiger partial charge on any atom is -0.545 e. The number of carbonyl (C=O) groups is 1. The van der Waals surface area contributed by atoms with Gasteiger partial charge < -0.3 is 20.0 Å². The summed E-state index contributed by atoms with van der Waals surface area (Å²) in [6.45, 7) is -0.203. The minimum absolute atomic E-state index is 0.0490. The van der Waals surface area contributed by atoms with Crippen molar-refractivity contribution in [2.24, 2.45) is 0 Å². The lowest BCUT2D eigenvalue weighted by Crippen LogP contribution is -2.28. The number of carboxylic acid groups (broad SMARTS) is 1. The number of nitrogens with one attached hydrogen (secondary N) is 1. The fourth-order valence-corrected chi connectivity index (χ4v) is 1.80. The fraction of sp³-hybridized carbons (Fsp3) is 0.417. The van der Waals surface area contributed by atoms with E-state index in [4.69, 9.17) is 4.74 Å². The Kier molecular flexibility index (Phi) is 3.47. The molecular formula is C12H12F2NO3-. The van der Waals surface area contributed by atoms with Crippen LogP contribution in [0.25, 0.3) is 0 Å². The van der Waals surface area contributed by atoms with Gasteiger partial charge in [0.1, 0.15) is 12.4 Å². The number of carboxylic acids is 1. The molecule has 1 unspecified atom stereocenters. The Morgan fingerprint density at radius 3 is 2.61 bits per heavy atom. The van der Waals surface area contributed by atoms with Gasteiger partial charge in [0, 0.05) is 12.5 Å². The highest BCUT2D eigenvalue weighted by atomic mass is 19.3. The van der Waals surface area contributed by atoms with Crippen molar-refractivity contribution in [1.29, 1.82) is 0 Å². The van der Waals surface area contributed by atoms with Crippen LogP contribution < -0.4 is 15.2 Å². The van der Waals surface area contributed by atoms with Gasteiger partial charge in [0.05, 0.1) is 12.5 Å². The van der Waals surface area contributed by atoms with E-state index in [0.717, 1.165) is 0 Å². The Morgan fingerprint density at radius 2 is 2.11 bits per heavy atom. The highest BCUT2D eigenvalue weighted by Gasteiger charge is 2.39. The summed E-state index contributed by atoms with van der Waals surface area (Å²) >= 11 is 0. The lowest BCUT2D eigenvalue weighted by molar-refractivity contribution is -0.255. The van der Waals surface area contributed by atoms with E-state index in [9.17, 15) is 18.7 Å². The average molecular weight is 256 g/mol. The van der Waals surface area contributed by atoms with Crippen molar-refractivity contribution in [3.63, 3.8) is 0 Å². The van der Waals surface area contributed by atoms with E-state index in [1.807, 2.05) is 0 Å². The van der Waals surface area contributed by atoms with Crippen LogP contribution in [0.1, 0.15) is 16.8 Å². The molecule has 0 bridgehead atoms. The molecule has 2 rings (SSSR count). The zero-order valence-electron chi connectivity index (χ0n) is 9.49. The van der Waals surface area contributed by atoms with Crippen LogP contribution in [0.2, 0.25) is 0 Å². The molecule has 98 valence electrons. The Bertz CT molecular complexity index is 433. The molecule has 18 heavy (non-hydrogen) atoms. The lowest BCUT2D eigenvalue weighted by Gasteiger charge is -2.12. The molecule has 1 N–H and O–H groups in total. The summed E-state index contributed by atoms with van der Waals surface area (Å²) in [5.41, 5.74) is 0.0490. The van der Waals surface area contributed by atoms with E-state index in [-0.39, 0.29) is 31.2 Å². The molecular weight excluding hydrogens is 244 g/mol. The molecule has 1 heterocycles. The maximum absolute atomic E-state index is 12.9. The molecule has 0 aromatic heterocycles. The van der Waals surface area contributed by atoms with Crippen molar-refractivity contribution >= 4 is 5.97 Å². The second-order valence-electron chi connectivity index (χ2n) is 4.26. The average Bonchev–Trinajstić information content (AvgIpc) is 2.67. The third-order valence-electron chi connectivity index (χ3n) is 2.74. The minimum atomic E-state index is -2.67. The van der Waals surface area contributed by atoms with Crippen molar-refractivity contribution in [3.8, 4) is 5.75 Å². The number of halogens is 2. The van der Waals surface area contributed by atoms with Crippen LogP contribution in [0.3, 0.4) is 0 Å². The zero-order chi connectivity index (χ0) is 13.2. The van der Waals surface area contributed by atoms with Gasteiger partial charge >= 0.3 is 0 Å². The van der Waals surface area contributed by atoms with Crippen molar-refractivity contribution in [2.45, 2.75) is 18.4 Å². The number of benzene rings is 1. The molecule has 0 aliphatic carbocycles. The molecule has 1 aliphatic heterocycles. The highest BCUT2D eigenvalue weighted by molar-refractivity contribution is 5.85. The molecule has 0 radical (unpaired) electrons. The second-order valence-corrected chi connectivity index (χ2v) is 4.26. The second kappa shape index (κ2) is 4.89. The monoisotopic (exact) mass is 256 g/mol. The molecule has 0 spiro atoms. The molecule has 1 aliphatic rings. The van der Waals surface area contributed by atoms with Crippen LogP contribution >= 0.6 is 0 Å². The molecule has 1 atom stereocenters. The highest BCUT2D eigenvalue weighted by Crippen LogP contribution is 2.25. The van der Waals surface area contributed by atoms with E-state index in [1.54, 1.807) is 0 Å². The van der Waals surface area contributed by atoms with Gasteiger partial charge in [-0.05, 0) is 29.8 Å². The number of ether oxygens (including phenoxy) is 1. The third kappa shape index (κ3) is 3.16. The SMILES string of the molecule is O=C([O-])c1ccc(OCC2CC(F)(F)CN2)cc1. The molecule has 4 nitrogen and oxygen atoms in total. The number of hydrogen-bond donors (Lipinski definition) is 1. The van der Waals surface area contributed by atoms with E-state index in [0.29, 0.717) is 5.75 Å². The van der Waals surface area contributed by atoms with Crippen LogP contribution in [0.15, 0.2) is 24.3 Å². The van der Waals surface area contributed by atoms with Crippen molar-refractivity contribution < 1.29 is 23.4 Å². The molecule has 1 aromatic carbocycles. The number of aromatic carboxylic acids is 1. The number of rotatable bonds is 4. The number of carbonyl (C=O) groups excluding carboxylic acids is 1. The van der Waals surface area contributed by atoms with Crippen LogP contribution in [-0.4, -0.2) is 31.1 Å². The summed E-state index contributed by atoms with van der Waals surface area (Å²) in [6.07, 6.45) is -0.246.